The van der Waals surface area contributed by atoms with Gasteiger partial charge in [-0.25, -0.2) is 14.6 Å². The first-order valence-electron chi connectivity index (χ1n) is 8.09. The minimum atomic E-state index is -0.0890. The molecule has 2 aromatic rings. The van der Waals surface area contributed by atoms with E-state index < -0.39 is 0 Å². The van der Waals surface area contributed by atoms with Crippen LogP contribution in [-0.2, 0) is 10.3 Å². The second kappa shape index (κ2) is 4.91. The second-order valence-corrected chi connectivity index (χ2v) is 7.33. The van der Waals surface area contributed by atoms with Crippen molar-refractivity contribution in [3.63, 3.8) is 0 Å². The first kappa shape index (κ1) is 13.9. The first-order chi connectivity index (χ1) is 10.6. The molecule has 6 nitrogen and oxygen atoms in total. The van der Waals surface area contributed by atoms with E-state index in [2.05, 4.69) is 40.7 Å². The molecule has 0 bridgehead atoms. The average molecular weight is 301 g/mol. The summed E-state index contributed by atoms with van der Waals surface area (Å²) in [5.74, 6) is 1.77. The number of hydrogen-bond acceptors (Lipinski definition) is 5. The Bertz CT molecular complexity index is 685. The molecule has 1 aliphatic carbocycles. The third kappa shape index (κ3) is 2.26. The molecule has 3 heterocycles. The maximum absolute atomic E-state index is 5.70. The highest BCUT2D eigenvalue weighted by Crippen LogP contribution is 2.39. The van der Waals surface area contributed by atoms with Gasteiger partial charge in [0.25, 0.3) is 0 Å². The van der Waals surface area contributed by atoms with Crippen LogP contribution in [0.1, 0.15) is 33.6 Å². The molecule has 2 fully saturated rings. The van der Waals surface area contributed by atoms with Gasteiger partial charge < -0.3 is 9.64 Å². The maximum Gasteiger partial charge on any atom is 0.163 e. The fourth-order valence-electron chi connectivity index (χ4n) is 3.31. The molecule has 0 radical (unpaired) electrons. The summed E-state index contributed by atoms with van der Waals surface area (Å²) in [6.45, 7) is 8.90. The Balaban J connectivity index is 1.79. The van der Waals surface area contributed by atoms with Crippen molar-refractivity contribution in [3.05, 3.63) is 12.5 Å². The van der Waals surface area contributed by atoms with E-state index in [0.29, 0.717) is 6.04 Å². The maximum atomic E-state index is 5.70. The predicted molar refractivity (Wildman–Crippen MR) is 85.0 cm³/mol. The van der Waals surface area contributed by atoms with Crippen LogP contribution in [0.2, 0.25) is 0 Å². The van der Waals surface area contributed by atoms with Gasteiger partial charge in [0.2, 0.25) is 0 Å². The molecule has 22 heavy (non-hydrogen) atoms. The highest BCUT2D eigenvalue weighted by atomic mass is 16.5. The van der Waals surface area contributed by atoms with Gasteiger partial charge in [-0.2, -0.15) is 5.10 Å². The predicted octanol–water partition coefficient (Wildman–Crippen LogP) is 2.20. The lowest BCUT2D eigenvalue weighted by Crippen LogP contribution is -2.47. The van der Waals surface area contributed by atoms with Crippen LogP contribution < -0.4 is 4.90 Å². The molecular weight excluding hydrogens is 278 g/mol. The van der Waals surface area contributed by atoms with Gasteiger partial charge in [0.05, 0.1) is 36.4 Å². The summed E-state index contributed by atoms with van der Waals surface area (Å²) in [7, 11) is 0. The second-order valence-electron chi connectivity index (χ2n) is 7.33. The Morgan fingerprint density at radius 2 is 2.05 bits per heavy atom. The van der Waals surface area contributed by atoms with E-state index in [1.165, 1.54) is 12.8 Å². The molecule has 0 spiro atoms. The van der Waals surface area contributed by atoms with Gasteiger partial charge in [-0.05, 0) is 39.5 Å². The number of aromatic nitrogens is 4. The van der Waals surface area contributed by atoms with Gasteiger partial charge in [0, 0.05) is 6.54 Å². The standard InChI is InChI=1S/C16H23N5O/c1-16(2,3)21-15-12(8-19-21)14(17-10-18-15)20-6-7-22-9-13(20)11-4-5-11/h8,10-11,13H,4-7,9H2,1-3H3. The zero-order valence-corrected chi connectivity index (χ0v) is 13.5. The van der Waals surface area contributed by atoms with Crippen LogP contribution in [0.3, 0.4) is 0 Å². The lowest BCUT2D eigenvalue weighted by molar-refractivity contribution is 0.0876. The van der Waals surface area contributed by atoms with E-state index in [4.69, 9.17) is 4.74 Å². The van der Waals surface area contributed by atoms with Crippen LogP contribution in [0.15, 0.2) is 12.5 Å². The van der Waals surface area contributed by atoms with Crippen LogP contribution in [0.4, 0.5) is 5.82 Å². The van der Waals surface area contributed by atoms with Gasteiger partial charge in [-0.3, -0.25) is 0 Å². The zero-order chi connectivity index (χ0) is 15.3. The third-order valence-electron chi connectivity index (χ3n) is 4.58. The molecule has 1 saturated carbocycles. The van der Waals surface area contributed by atoms with Crippen molar-refractivity contribution in [2.24, 2.45) is 5.92 Å². The minimum absolute atomic E-state index is 0.0890. The summed E-state index contributed by atoms with van der Waals surface area (Å²) < 4.78 is 7.69. The molecule has 1 atom stereocenters. The van der Waals surface area contributed by atoms with E-state index in [-0.39, 0.29) is 5.54 Å². The lowest BCUT2D eigenvalue weighted by atomic mass is 10.1. The molecule has 118 valence electrons. The fraction of sp³-hybridized carbons (Fsp3) is 0.688. The van der Waals surface area contributed by atoms with Crippen LogP contribution in [0, 0.1) is 5.92 Å². The number of nitrogens with zero attached hydrogens (tertiary/aromatic N) is 5. The van der Waals surface area contributed by atoms with Crippen molar-refractivity contribution in [2.75, 3.05) is 24.7 Å². The average Bonchev–Trinajstić information content (AvgIpc) is 3.23. The third-order valence-corrected chi connectivity index (χ3v) is 4.58. The zero-order valence-electron chi connectivity index (χ0n) is 13.5. The quantitative estimate of drug-likeness (QED) is 0.851. The fourth-order valence-corrected chi connectivity index (χ4v) is 3.31. The van der Waals surface area contributed by atoms with Crippen molar-refractivity contribution >= 4 is 16.9 Å². The smallest absolute Gasteiger partial charge is 0.163 e. The van der Waals surface area contributed by atoms with E-state index in [1.54, 1.807) is 6.33 Å². The molecule has 0 aromatic carbocycles. The highest BCUT2D eigenvalue weighted by molar-refractivity contribution is 5.87. The molecule has 1 aliphatic heterocycles. The summed E-state index contributed by atoms with van der Waals surface area (Å²) in [6.07, 6.45) is 6.19. The molecule has 1 saturated heterocycles. The van der Waals surface area contributed by atoms with Gasteiger partial charge >= 0.3 is 0 Å². The topological polar surface area (TPSA) is 56.1 Å². The number of hydrogen-bond donors (Lipinski definition) is 0. The van der Waals surface area contributed by atoms with E-state index in [1.807, 2.05) is 10.9 Å². The summed E-state index contributed by atoms with van der Waals surface area (Å²) >= 11 is 0. The van der Waals surface area contributed by atoms with Gasteiger partial charge in [-0.1, -0.05) is 0 Å². The summed E-state index contributed by atoms with van der Waals surface area (Å²) in [6, 6.07) is 0.449. The van der Waals surface area contributed by atoms with Crippen molar-refractivity contribution in [1.29, 1.82) is 0 Å². The molecule has 0 N–H and O–H groups in total. The van der Waals surface area contributed by atoms with Crippen LogP contribution in [-0.4, -0.2) is 45.5 Å². The summed E-state index contributed by atoms with van der Waals surface area (Å²) in [4.78, 5) is 11.5. The van der Waals surface area contributed by atoms with Crippen LogP contribution >= 0.6 is 0 Å². The summed E-state index contributed by atoms with van der Waals surface area (Å²) in [5.41, 5.74) is 0.826. The van der Waals surface area contributed by atoms with Crippen molar-refractivity contribution < 1.29 is 4.74 Å². The molecule has 1 unspecified atom stereocenters. The SMILES string of the molecule is CC(C)(C)n1ncc2c(N3CCOCC3C3CC3)ncnc21. The molecular formula is C16H23N5O. The van der Waals surface area contributed by atoms with Gasteiger partial charge in [0.15, 0.2) is 5.65 Å². The molecule has 4 rings (SSSR count). The number of ether oxygens (including phenoxy) is 1. The van der Waals surface area contributed by atoms with Crippen molar-refractivity contribution in [1.82, 2.24) is 19.7 Å². The van der Waals surface area contributed by atoms with Crippen molar-refractivity contribution in [3.8, 4) is 0 Å². The molecule has 2 aliphatic rings. The number of fused-ring (bicyclic) bond motifs is 1. The van der Waals surface area contributed by atoms with E-state index in [9.17, 15) is 0 Å². The lowest BCUT2D eigenvalue weighted by Gasteiger charge is -2.37. The number of morpholine rings is 1. The Hall–Kier alpha value is -1.69. The Morgan fingerprint density at radius 3 is 2.77 bits per heavy atom. The van der Waals surface area contributed by atoms with E-state index >= 15 is 0 Å². The number of anilines is 1. The largest absolute Gasteiger partial charge is 0.377 e. The van der Waals surface area contributed by atoms with E-state index in [0.717, 1.165) is 42.5 Å². The Labute approximate surface area is 130 Å². The summed E-state index contributed by atoms with van der Waals surface area (Å²) in [5, 5.41) is 5.61. The Morgan fingerprint density at radius 1 is 1.23 bits per heavy atom. The first-order valence-corrected chi connectivity index (χ1v) is 8.09. The monoisotopic (exact) mass is 301 g/mol. The molecule has 0 amide bonds. The normalized spacial score (nSPS) is 23.2. The van der Waals surface area contributed by atoms with Crippen molar-refractivity contribution in [2.45, 2.75) is 45.2 Å². The van der Waals surface area contributed by atoms with Crippen LogP contribution in [0.5, 0.6) is 0 Å². The Kier molecular flexibility index (Phi) is 3.11. The minimum Gasteiger partial charge on any atom is -0.377 e. The highest BCUT2D eigenvalue weighted by Gasteiger charge is 2.38. The van der Waals surface area contributed by atoms with Crippen LogP contribution in [0.25, 0.3) is 11.0 Å². The molecule has 2 aromatic heterocycles. The van der Waals surface area contributed by atoms with Gasteiger partial charge in [0.1, 0.15) is 12.1 Å². The van der Waals surface area contributed by atoms with Gasteiger partial charge in [-0.15, -0.1) is 0 Å². The number of rotatable bonds is 2. The molecule has 6 heteroatoms.